The highest BCUT2D eigenvalue weighted by Crippen LogP contribution is 2.34. The number of benzene rings is 1. The molecule has 0 bridgehead atoms. The van der Waals surface area contributed by atoms with Gasteiger partial charge >= 0.3 is 0 Å². The summed E-state index contributed by atoms with van der Waals surface area (Å²) < 4.78 is 1.71. The quantitative estimate of drug-likeness (QED) is 0.376. The number of para-hydroxylation sites is 1. The predicted octanol–water partition coefficient (Wildman–Crippen LogP) is 3.84. The molecule has 1 aliphatic rings. The SMILES string of the molecule is Nc1cnn(CC2(O)CCC(Nc3ncc(Cl)c(-c4c[nH]c5ccccc45)n3)CC2)c1. The Balaban J connectivity index is 1.29. The fraction of sp³-hybridized carbons (Fsp3) is 0.318. The third-order valence-corrected chi connectivity index (χ3v) is 6.22. The van der Waals surface area contributed by atoms with Crippen LogP contribution >= 0.6 is 11.6 Å². The number of H-pyrrole nitrogens is 1. The molecule has 1 saturated carbocycles. The molecule has 1 fully saturated rings. The number of fused-ring (bicyclic) bond motifs is 1. The van der Waals surface area contributed by atoms with Gasteiger partial charge in [-0.05, 0) is 31.7 Å². The summed E-state index contributed by atoms with van der Waals surface area (Å²) in [7, 11) is 0. The number of rotatable bonds is 5. The Kier molecular flexibility index (Phi) is 5.03. The zero-order valence-corrected chi connectivity index (χ0v) is 17.7. The van der Waals surface area contributed by atoms with Gasteiger partial charge in [-0.15, -0.1) is 0 Å². The monoisotopic (exact) mass is 437 g/mol. The molecular weight excluding hydrogens is 414 g/mol. The number of halogens is 1. The maximum atomic E-state index is 10.9. The van der Waals surface area contributed by atoms with Crippen LogP contribution in [-0.2, 0) is 6.54 Å². The lowest BCUT2D eigenvalue weighted by molar-refractivity contribution is -0.0166. The van der Waals surface area contributed by atoms with Crippen molar-refractivity contribution in [2.24, 2.45) is 0 Å². The molecule has 4 aromatic rings. The smallest absolute Gasteiger partial charge is 0.223 e. The van der Waals surface area contributed by atoms with Gasteiger partial charge in [0.05, 0.1) is 40.9 Å². The number of aromatic amines is 1. The third kappa shape index (κ3) is 4.08. The van der Waals surface area contributed by atoms with E-state index in [0.29, 0.717) is 41.7 Å². The van der Waals surface area contributed by atoms with E-state index in [4.69, 9.17) is 22.3 Å². The highest BCUT2D eigenvalue weighted by molar-refractivity contribution is 6.33. The Bertz CT molecular complexity index is 1210. The lowest BCUT2D eigenvalue weighted by Crippen LogP contribution is -2.41. The first-order chi connectivity index (χ1) is 15.0. The van der Waals surface area contributed by atoms with Gasteiger partial charge in [0.15, 0.2) is 0 Å². The van der Waals surface area contributed by atoms with Crippen molar-refractivity contribution in [3.05, 3.63) is 54.1 Å². The van der Waals surface area contributed by atoms with E-state index in [1.165, 1.54) is 0 Å². The van der Waals surface area contributed by atoms with Crippen LogP contribution in [0.3, 0.4) is 0 Å². The molecule has 31 heavy (non-hydrogen) atoms. The van der Waals surface area contributed by atoms with Crippen LogP contribution < -0.4 is 11.1 Å². The molecule has 3 aromatic heterocycles. The molecule has 0 spiro atoms. The Hall–Kier alpha value is -3.10. The van der Waals surface area contributed by atoms with E-state index in [9.17, 15) is 5.11 Å². The number of hydrogen-bond acceptors (Lipinski definition) is 6. The third-order valence-electron chi connectivity index (χ3n) is 5.95. The molecule has 160 valence electrons. The molecule has 5 N–H and O–H groups in total. The molecule has 0 unspecified atom stereocenters. The van der Waals surface area contributed by atoms with E-state index >= 15 is 0 Å². The number of hydrogen-bond donors (Lipinski definition) is 4. The first-order valence-corrected chi connectivity index (χ1v) is 10.7. The molecule has 0 radical (unpaired) electrons. The summed E-state index contributed by atoms with van der Waals surface area (Å²) in [5.41, 5.74) is 8.22. The standard InChI is InChI=1S/C22H24ClN7O/c23-18-11-26-21(29-20(18)17-10-25-19-4-2-1-3-16(17)19)28-15-5-7-22(31,8-6-15)13-30-12-14(24)9-27-30/h1-4,9-12,15,25,31H,5-8,13,24H2,(H,26,28,29). The van der Waals surface area contributed by atoms with Crippen LogP contribution in [0, 0.1) is 0 Å². The van der Waals surface area contributed by atoms with Gasteiger partial charge in [-0.3, -0.25) is 4.68 Å². The van der Waals surface area contributed by atoms with E-state index in [1.807, 2.05) is 30.5 Å². The van der Waals surface area contributed by atoms with Crippen molar-refractivity contribution in [2.75, 3.05) is 11.1 Å². The zero-order valence-electron chi connectivity index (χ0n) is 16.9. The van der Waals surface area contributed by atoms with E-state index in [0.717, 1.165) is 29.3 Å². The summed E-state index contributed by atoms with van der Waals surface area (Å²) in [6.07, 6.45) is 9.83. The first-order valence-electron chi connectivity index (χ1n) is 10.3. The maximum Gasteiger partial charge on any atom is 0.223 e. The predicted molar refractivity (Wildman–Crippen MR) is 122 cm³/mol. The van der Waals surface area contributed by atoms with Gasteiger partial charge in [0.25, 0.3) is 0 Å². The summed E-state index contributed by atoms with van der Waals surface area (Å²) in [6, 6.07) is 8.23. The highest BCUT2D eigenvalue weighted by Gasteiger charge is 2.34. The number of aromatic nitrogens is 5. The minimum absolute atomic E-state index is 0.181. The van der Waals surface area contributed by atoms with Crippen LogP contribution in [0.15, 0.2) is 49.1 Å². The van der Waals surface area contributed by atoms with Crippen LogP contribution in [0.5, 0.6) is 0 Å². The molecule has 0 atom stereocenters. The van der Waals surface area contributed by atoms with Crippen molar-refractivity contribution < 1.29 is 5.11 Å². The molecule has 8 nitrogen and oxygen atoms in total. The maximum absolute atomic E-state index is 10.9. The first kappa shape index (κ1) is 19.8. The van der Waals surface area contributed by atoms with Crippen molar-refractivity contribution >= 4 is 34.1 Å². The molecule has 0 amide bonds. The number of nitrogens with zero attached hydrogens (tertiary/aromatic N) is 4. The summed E-state index contributed by atoms with van der Waals surface area (Å²) >= 11 is 6.43. The summed E-state index contributed by atoms with van der Waals surface area (Å²) in [5, 5.41) is 20.1. The topological polar surface area (TPSA) is 118 Å². The summed E-state index contributed by atoms with van der Waals surface area (Å²) in [4.78, 5) is 12.3. The van der Waals surface area contributed by atoms with Gasteiger partial charge in [-0.2, -0.15) is 5.10 Å². The van der Waals surface area contributed by atoms with E-state index in [1.54, 1.807) is 23.3 Å². The van der Waals surface area contributed by atoms with Crippen molar-refractivity contribution in [1.82, 2.24) is 24.7 Å². The average Bonchev–Trinajstić information content (AvgIpc) is 3.37. The Morgan fingerprint density at radius 2 is 2.06 bits per heavy atom. The highest BCUT2D eigenvalue weighted by atomic mass is 35.5. The largest absolute Gasteiger partial charge is 0.396 e. The zero-order chi connectivity index (χ0) is 21.4. The normalized spacial score (nSPS) is 21.4. The van der Waals surface area contributed by atoms with Gasteiger partial charge in [-0.25, -0.2) is 9.97 Å². The Labute approximate surface area is 184 Å². The number of anilines is 2. The van der Waals surface area contributed by atoms with Gasteiger partial charge in [0.1, 0.15) is 0 Å². The average molecular weight is 438 g/mol. The molecule has 0 saturated heterocycles. The molecule has 0 aliphatic heterocycles. The van der Waals surface area contributed by atoms with E-state index in [2.05, 4.69) is 20.4 Å². The molecular formula is C22H24ClN7O. The van der Waals surface area contributed by atoms with E-state index < -0.39 is 5.60 Å². The van der Waals surface area contributed by atoms with Crippen molar-refractivity contribution in [3.63, 3.8) is 0 Å². The second-order valence-corrected chi connectivity index (χ2v) is 8.66. The fourth-order valence-electron chi connectivity index (χ4n) is 4.30. The molecule has 5 rings (SSSR count). The fourth-order valence-corrected chi connectivity index (χ4v) is 4.49. The minimum Gasteiger partial charge on any atom is -0.396 e. The summed E-state index contributed by atoms with van der Waals surface area (Å²) in [6.45, 7) is 0.444. The van der Waals surface area contributed by atoms with E-state index in [-0.39, 0.29) is 6.04 Å². The van der Waals surface area contributed by atoms with Crippen LogP contribution in [0.25, 0.3) is 22.2 Å². The molecule has 1 aliphatic carbocycles. The second-order valence-electron chi connectivity index (χ2n) is 8.25. The van der Waals surface area contributed by atoms with Gasteiger partial charge in [0, 0.05) is 34.9 Å². The number of aliphatic hydroxyl groups is 1. The van der Waals surface area contributed by atoms with Gasteiger partial charge in [-0.1, -0.05) is 29.8 Å². The lowest BCUT2D eigenvalue weighted by Gasteiger charge is -2.36. The van der Waals surface area contributed by atoms with Crippen LogP contribution in [0.1, 0.15) is 25.7 Å². The molecule has 1 aromatic carbocycles. The number of nitrogen functional groups attached to an aromatic ring is 1. The lowest BCUT2D eigenvalue weighted by atomic mass is 9.82. The summed E-state index contributed by atoms with van der Waals surface area (Å²) in [5.74, 6) is 0.542. The van der Waals surface area contributed by atoms with Gasteiger partial charge in [0.2, 0.25) is 5.95 Å². The second kappa shape index (κ2) is 7.86. The Morgan fingerprint density at radius 1 is 1.26 bits per heavy atom. The molecule has 9 heteroatoms. The molecule has 3 heterocycles. The number of nitrogens with two attached hydrogens (primary N) is 1. The van der Waals surface area contributed by atoms with Crippen LogP contribution in [-0.4, -0.2) is 41.5 Å². The minimum atomic E-state index is -0.785. The van der Waals surface area contributed by atoms with Crippen molar-refractivity contribution in [1.29, 1.82) is 0 Å². The van der Waals surface area contributed by atoms with Crippen LogP contribution in [0.4, 0.5) is 11.6 Å². The Morgan fingerprint density at radius 3 is 2.84 bits per heavy atom. The van der Waals surface area contributed by atoms with Gasteiger partial charge < -0.3 is 21.1 Å². The number of nitrogens with one attached hydrogen (secondary N) is 2. The van der Waals surface area contributed by atoms with Crippen molar-refractivity contribution in [3.8, 4) is 11.3 Å². The van der Waals surface area contributed by atoms with Crippen molar-refractivity contribution in [2.45, 2.75) is 43.9 Å². The van der Waals surface area contributed by atoms with Crippen LogP contribution in [0.2, 0.25) is 5.02 Å².